The third-order valence-corrected chi connectivity index (χ3v) is 4.92. The largest absolute Gasteiger partial charge is 0.573 e. The minimum absolute atomic E-state index is 0.0850. The first-order chi connectivity index (χ1) is 15.2. The zero-order valence-electron chi connectivity index (χ0n) is 16.3. The summed E-state index contributed by atoms with van der Waals surface area (Å²) in [6, 6.07) is 9.73. The van der Waals surface area contributed by atoms with Crippen molar-refractivity contribution in [2.75, 3.05) is 4.90 Å². The highest BCUT2D eigenvalue weighted by molar-refractivity contribution is 6.37. The SMILES string of the molecule is Cc1nn(-c2ccccn2)c2ncc3c(c12)C(=O)N(c1ccc(OC(F)(F)F)cc1)C3=O. The van der Waals surface area contributed by atoms with E-state index in [4.69, 9.17) is 0 Å². The maximum Gasteiger partial charge on any atom is 0.573 e. The van der Waals surface area contributed by atoms with Crippen LogP contribution < -0.4 is 9.64 Å². The van der Waals surface area contributed by atoms with Crippen LogP contribution in [0, 0.1) is 6.92 Å². The molecule has 4 aromatic rings. The minimum Gasteiger partial charge on any atom is -0.406 e. The van der Waals surface area contributed by atoms with Gasteiger partial charge < -0.3 is 4.74 Å². The van der Waals surface area contributed by atoms with Crippen molar-refractivity contribution in [2.24, 2.45) is 0 Å². The summed E-state index contributed by atoms with van der Waals surface area (Å²) in [5.41, 5.74) is 1.16. The number of ether oxygens (including phenoxy) is 1. The number of pyridine rings is 2. The van der Waals surface area contributed by atoms with Crippen molar-refractivity contribution in [1.29, 1.82) is 0 Å². The summed E-state index contributed by atoms with van der Waals surface area (Å²) in [4.78, 5) is 35.7. The zero-order chi connectivity index (χ0) is 22.6. The predicted octanol–water partition coefficient (Wildman–Crippen LogP) is 3.82. The Hall–Kier alpha value is -4.28. The number of alkyl halides is 3. The fourth-order valence-electron chi connectivity index (χ4n) is 3.63. The van der Waals surface area contributed by atoms with Gasteiger partial charge in [-0.1, -0.05) is 6.07 Å². The molecule has 0 bridgehead atoms. The highest BCUT2D eigenvalue weighted by atomic mass is 19.4. The number of carbonyl (C=O) groups excluding carboxylic acids is 2. The van der Waals surface area contributed by atoms with E-state index in [-0.39, 0.29) is 16.8 Å². The fraction of sp³-hybridized carbons (Fsp3) is 0.0952. The first-order valence-corrected chi connectivity index (χ1v) is 9.29. The summed E-state index contributed by atoms with van der Waals surface area (Å²) >= 11 is 0. The van der Waals surface area contributed by atoms with E-state index in [2.05, 4.69) is 19.8 Å². The van der Waals surface area contributed by atoms with Crippen LogP contribution in [0.3, 0.4) is 0 Å². The molecule has 0 fully saturated rings. The molecule has 0 saturated carbocycles. The van der Waals surface area contributed by atoms with Crippen molar-refractivity contribution in [1.82, 2.24) is 19.7 Å². The van der Waals surface area contributed by atoms with Gasteiger partial charge in [-0.05, 0) is 43.3 Å². The number of aryl methyl sites for hydroxylation is 1. The second-order valence-corrected chi connectivity index (χ2v) is 6.92. The van der Waals surface area contributed by atoms with Gasteiger partial charge in [0, 0.05) is 12.4 Å². The number of carbonyl (C=O) groups is 2. The molecule has 3 aromatic heterocycles. The summed E-state index contributed by atoms with van der Waals surface area (Å²) in [5, 5.41) is 4.84. The fourth-order valence-corrected chi connectivity index (χ4v) is 3.63. The van der Waals surface area contributed by atoms with Crippen LogP contribution in [0.4, 0.5) is 18.9 Å². The van der Waals surface area contributed by atoms with Crippen molar-refractivity contribution in [3.63, 3.8) is 0 Å². The number of fused-ring (bicyclic) bond motifs is 3. The lowest BCUT2D eigenvalue weighted by Crippen LogP contribution is -2.29. The average molecular weight is 439 g/mol. The molecular formula is C21H12F3N5O3. The molecule has 1 aliphatic rings. The van der Waals surface area contributed by atoms with Gasteiger partial charge in [-0.2, -0.15) is 9.78 Å². The Morgan fingerprint density at radius 1 is 0.969 bits per heavy atom. The smallest absolute Gasteiger partial charge is 0.406 e. The molecule has 2 amide bonds. The standard InChI is InChI=1S/C21H12F3N5O3/c1-11-16-17-14(10-26-18(16)29(27-11)15-4-2-3-9-25-15)19(30)28(20(17)31)12-5-7-13(8-6-12)32-21(22,23)24/h2-10H,1H3. The van der Waals surface area contributed by atoms with E-state index in [9.17, 15) is 22.8 Å². The lowest BCUT2D eigenvalue weighted by molar-refractivity contribution is -0.274. The van der Waals surface area contributed by atoms with Gasteiger partial charge >= 0.3 is 6.36 Å². The first kappa shape index (κ1) is 19.7. The Kier molecular flexibility index (Phi) is 4.22. The molecule has 1 aromatic carbocycles. The molecule has 0 radical (unpaired) electrons. The van der Waals surface area contributed by atoms with Crippen LogP contribution in [0.25, 0.3) is 16.9 Å². The highest BCUT2D eigenvalue weighted by Gasteiger charge is 2.40. The van der Waals surface area contributed by atoms with E-state index in [0.29, 0.717) is 22.5 Å². The number of hydrogen-bond donors (Lipinski definition) is 0. The molecule has 32 heavy (non-hydrogen) atoms. The molecule has 0 aliphatic carbocycles. The van der Waals surface area contributed by atoms with E-state index in [1.165, 1.54) is 23.0 Å². The molecule has 160 valence electrons. The third-order valence-electron chi connectivity index (χ3n) is 4.92. The normalized spacial score (nSPS) is 13.7. The zero-order valence-corrected chi connectivity index (χ0v) is 16.3. The summed E-state index contributed by atoms with van der Waals surface area (Å²) in [6.45, 7) is 1.69. The number of anilines is 1. The molecule has 1 aliphatic heterocycles. The molecule has 0 N–H and O–H groups in total. The van der Waals surface area contributed by atoms with Crippen molar-refractivity contribution < 1.29 is 27.5 Å². The Bertz CT molecular complexity index is 1380. The van der Waals surface area contributed by atoms with Gasteiger partial charge in [-0.15, -0.1) is 13.2 Å². The van der Waals surface area contributed by atoms with Gasteiger partial charge in [-0.3, -0.25) is 9.59 Å². The lowest BCUT2D eigenvalue weighted by atomic mass is 10.1. The van der Waals surface area contributed by atoms with Gasteiger partial charge in [0.15, 0.2) is 11.5 Å². The lowest BCUT2D eigenvalue weighted by Gasteiger charge is -2.15. The molecule has 11 heteroatoms. The van der Waals surface area contributed by atoms with Gasteiger partial charge in [-0.25, -0.2) is 14.9 Å². The number of imide groups is 1. The molecule has 4 heterocycles. The van der Waals surface area contributed by atoms with Gasteiger partial charge in [0.25, 0.3) is 11.8 Å². The molecule has 0 atom stereocenters. The number of halogens is 3. The van der Waals surface area contributed by atoms with Crippen LogP contribution in [0.2, 0.25) is 0 Å². The molecule has 5 rings (SSSR count). The number of amides is 2. The van der Waals surface area contributed by atoms with E-state index in [0.717, 1.165) is 17.0 Å². The van der Waals surface area contributed by atoms with E-state index in [1.54, 1.807) is 31.3 Å². The van der Waals surface area contributed by atoms with Crippen LogP contribution in [-0.4, -0.2) is 37.9 Å². The maximum atomic E-state index is 13.2. The van der Waals surface area contributed by atoms with E-state index < -0.39 is 23.9 Å². The summed E-state index contributed by atoms with van der Waals surface area (Å²) in [6.07, 6.45) is -1.96. The van der Waals surface area contributed by atoms with Crippen LogP contribution in [-0.2, 0) is 0 Å². The number of aromatic nitrogens is 4. The molecule has 0 spiro atoms. The van der Waals surface area contributed by atoms with Crippen LogP contribution in [0.1, 0.15) is 26.4 Å². The van der Waals surface area contributed by atoms with Crippen LogP contribution in [0.15, 0.2) is 54.9 Å². The Morgan fingerprint density at radius 2 is 1.72 bits per heavy atom. The third kappa shape index (κ3) is 3.06. The second-order valence-electron chi connectivity index (χ2n) is 6.92. The number of nitrogens with zero attached hydrogens (tertiary/aromatic N) is 5. The maximum absolute atomic E-state index is 13.2. The van der Waals surface area contributed by atoms with Crippen molar-refractivity contribution in [3.05, 3.63) is 71.7 Å². The van der Waals surface area contributed by atoms with Crippen molar-refractivity contribution in [2.45, 2.75) is 13.3 Å². The van der Waals surface area contributed by atoms with Crippen molar-refractivity contribution in [3.8, 4) is 11.6 Å². The summed E-state index contributed by atoms with van der Waals surface area (Å²) in [5.74, 6) is -1.22. The van der Waals surface area contributed by atoms with E-state index >= 15 is 0 Å². The van der Waals surface area contributed by atoms with Crippen LogP contribution >= 0.6 is 0 Å². The Morgan fingerprint density at radius 3 is 2.38 bits per heavy atom. The van der Waals surface area contributed by atoms with Crippen LogP contribution in [0.5, 0.6) is 5.75 Å². The van der Waals surface area contributed by atoms with E-state index in [1.807, 2.05) is 0 Å². The number of rotatable bonds is 3. The van der Waals surface area contributed by atoms with Gasteiger partial charge in [0.1, 0.15) is 5.75 Å². The quantitative estimate of drug-likeness (QED) is 0.451. The van der Waals surface area contributed by atoms with Gasteiger partial charge in [0.05, 0.1) is 27.9 Å². The topological polar surface area (TPSA) is 90.2 Å². The highest BCUT2D eigenvalue weighted by Crippen LogP contribution is 2.35. The van der Waals surface area contributed by atoms with Crippen molar-refractivity contribution >= 4 is 28.5 Å². The first-order valence-electron chi connectivity index (χ1n) is 9.29. The average Bonchev–Trinajstić information content (AvgIpc) is 3.22. The number of benzene rings is 1. The summed E-state index contributed by atoms with van der Waals surface area (Å²) in [7, 11) is 0. The monoisotopic (exact) mass is 439 g/mol. The Balaban J connectivity index is 1.58. The van der Waals surface area contributed by atoms with Gasteiger partial charge in [0.2, 0.25) is 0 Å². The predicted molar refractivity (Wildman–Crippen MR) is 106 cm³/mol. The minimum atomic E-state index is -4.85. The molecule has 0 unspecified atom stereocenters. The number of hydrogen-bond acceptors (Lipinski definition) is 6. The molecular weight excluding hydrogens is 427 g/mol. The second kappa shape index (κ2) is 6.87. The Labute approximate surface area is 177 Å². The molecule has 8 nitrogen and oxygen atoms in total. The molecule has 0 saturated heterocycles. The summed E-state index contributed by atoms with van der Waals surface area (Å²) < 4.78 is 42.5.